The number of aromatic nitrogens is 2. The maximum atomic E-state index is 12.5. The highest BCUT2D eigenvalue weighted by atomic mass is 32.1. The maximum Gasteiger partial charge on any atom is 0.337 e. The van der Waals surface area contributed by atoms with Gasteiger partial charge in [0.1, 0.15) is 16.3 Å². The zero-order valence-electron chi connectivity index (χ0n) is 13.2. The Morgan fingerprint density at radius 2 is 2.12 bits per heavy atom. The number of benzene rings is 1. The summed E-state index contributed by atoms with van der Waals surface area (Å²) in [6, 6.07) is 6.18. The number of hydrogen-bond donors (Lipinski definition) is 1. The summed E-state index contributed by atoms with van der Waals surface area (Å²) in [7, 11) is 0. The van der Waals surface area contributed by atoms with Gasteiger partial charge in [-0.05, 0) is 25.5 Å². The molecule has 0 aliphatic carbocycles. The number of amides is 1. The Kier molecular flexibility index (Phi) is 4.57. The summed E-state index contributed by atoms with van der Waals surface area (Å²) >= 11 is 1.30. The van der Waals surface area contributed by atoms with Gasteiger partial charge in [0.25, 0.3) is 5.91 Å². The second kappa shape index (κ2) is 6.79. The summed E-state index contributed by atoms with van der Waals surface area (Å²) in [5.74, 6) is 0.137. The van der Waals surface area contributed by atoms with E-state index in [0.29, 0.717) is 28.5 Å². The van der Waals surface area contributed by atoms with E-state index in [0.717, 1.165) is 11.4 Å². The minimum absolute atomic E-state index is 0.220. The molecular formula is C16H15N3O4S. The van der Waals surface area contributed by atoms with E-state index < -0.39 is 11.5 Å². The van der Waals surface area contributed by atoms with Crippen LogP contribution in [0.15, 0.2) is 33.5 Å². The fourth-order valence-corrected chi connectivity index (χ4v) is 2.87. The fraction of sp³-hybridized carbons (Fsp3) is 0.250. The van der Waals surface area contributed by atoms with Gasteiger partial charge in [-0.25, -0.2) is 4.79 Å². The highest BCUT2D eigenvalue weighted by Crippen LogP contribution is 2.24. The van der Waals surface area contributed by atoms with E-state index in [1.54, 1.807) is 18.2 Å². The lowest BCUT2D eigenvalue weighted by atomic mass is 10.1. The Labute approximate surface area is 141 Å². The Bertz CT molecular complexity index is 948. The van der Waals surface area contributed by atoms with Crippen molar-refractivity contribution in [1.29, 1.82) is 0 Å². The average Bonchev–Trinajstić information content (AvgIpc) is 3.01. The third kappa shape index (κ3) is 3.28. The predicted molar refractivity (Wildman–Crippen MR) is 90.9 cm³/mol. The summed E-state index contributed by atoms with van der Waals surface area (Å²) in [5.41, 5.74) is -0.0875. The molecule has 3 aromatic rings. The first-order chi connectivity index (χ1) is 11.6. The molecule has 7 nitrogen and oxygen atoms in total. The number of aryl methyl sites for hydroxylation is 1. The molecule has 0 spiro atoms. The van der Waals surface area contributed by atoms with Crippen LogP contribution >= 0.6 is 11.3 Å². The van der Waals surface area contributed by atoms with Gasteiger partial charge in [-0.15, -0.1) is 10.2 Å². The quantitative estimate of drug-likeness (QED) is 0.715. The number of nitrogens with one attached hydrogen (secondary N) is 1. The van der Waals surface area contributed by atoms with Crippen LogP contribution in [-0.4, -0.2) is 22.7 Å². The number of ether oxygens (including phenoxy) is 1. The molecule has 2 aromatic heterocycles. The van der Waals surface area contributed by atoms with Crippen LogP contribution in [-0.2, 0) is 6.42 Å². The first-order valence-corrected chi connectivity index (χ1v) is 8.26. The molecule has 0 radical (unpaired) electrons. The number of fused-ring (bicyclic) bond motifs is 1. The predicted octanol–water partition coefficient (Wildman–Crippen LogP) is 2.86. The molecule has 0 atom stereocenters. The van der Waals surface area contributed by atoms with Crippen LogP contribution in [0.4, 0.5) is 5.13 Å². The summed E-state index contributed by atoms with van der Waals surface area (Å²) in [4.78, 5) is 24.3. The zero-order valence-corrected chi connectivity index (χ0v) is 14.0. The summed E-state index contributed by atoms with van der Waals surface area (Å²) in [5, 5.41) is 12.3. The minimum Gasteiger partial charge on any atom is -0.494 e. The van der Waals surface area contributed by atoms with Crippen LogP contribution in [0.1, 0.15) is 29.2 Å². The van der Waals surface area contributed by atoms with Gasteiger partial charge in [0, 0.05) is 17.5 Å². The molecule has 3 rings (SSSR count). The average molecular weight is 345 g/mol. The van der Waals surface area contributed by atoms with Crippen LogP contribution in [0.25, 0.3) is 11.0 Å². The lowest BCUT2D eigenvalue weighted by Gasteiger charge is -2.07. The minimum atomic E-state index is -0.604. The Morgan fingerprint density at radius 1 is 1.29 bits per heavy atom. The van der Waals surface area contributed by atoms with Gasteiger partial charge in [-0.1, -0.05) is 18.3 Å². The van der Waals surface area contributed by atoms with Crippen molar-refractivity contribution >= 4 is 33.3 Å². The Hall–Kier alpha value is -2.74. The SMILES string of the molecule is CCOc1ccc2c(C(=O)Nc3nnc(CC)s3)cc(=O)oc2c1. The molecule has 0 unspecified atom stereocenters. The third-order valence-corrected chi connectivity index (χ3v) is 4.24. The van der Waals surface area contributed by atoms with Crippen molar-refractivity contribution in [2.75, 3.05) is 11.9 Å². The van der Waals surface area contributed by atoms with E-state index in [-0.39, 0.29) is 5.56 Å². The number of rotatable bonds is 5. The van der Waals surface area contributed by atoms with E-state index in [1.165, 1.54) is 17.4 Å². The second-order valence-corrected chi connectivity index (χ2v) is 5.94. The van der Waals surface area contributed by atoms with Gasteiger partial charge in [-0.2, -0.15) is 0 Å². The number of hydrogen-bond acceptors (Lipinski definition) is 7. The third-order valence-electron chi connectivity index (χ3n) is 3.26. The van der Waals surface area contributed by atoms with Crippen LogP contribution in [0.2, 0.25) is 0 Å². The maximum absolute atomic E-state index is 12.5. The van der Waals surface area contributed by atoms with Crippen LogP contribution in [0.5, 0.6) is 5.75 Å². The monoisotopic (exact) mass is 345 g/mol. The second-order valence-electron chi connectivity index (χ2n) is 4.88. The van der Waals surface area contributed by atoms with Crippen molar-refractivity contribution < 1.29 is 13.9 Å². The molecular weight excluding hydrogens is 330 g/mol. The smallest absolute Gasteiger partial charge is 0.337 e. The number of nitrogens with zero attached hydrogens (tertiary/aromatic N) is 2. The van der Waals surface area contributed by atoms with Crippen molar-refractivity contribution in [2.45, 2.75) is 20.3 Å². The lowest BCUT2D eigenvalue weighted by molar-refractivity contribution is 0.102. The summed E-state index contributed by atoms with van der Waals surface area (Å²) in [6.45, 7) is 4.31. The molecule has 124 valence electrons. The highest BCUT2D eigenvalue weighted by Gasteiger charge is 2.16. The molecule has 1 aromatic carbocycles. The Balaban J connectivity index is 1.98. The molecule has 1 N–H and O–H groups in total. The standard InChI is InChI=1S/C16H15N3O4S/c1-3-13-18-19-16(24-13)17-15(21)11-8-14(20)23-12-7-9(22-4-2)5-6-10(11)12/h5-8H,3-4H2,1-2H3,(H,17,19,21). The molecule has 1 amide bonds. The lowest BCUT2D eigenvalue weighted by Crippen LogP contribution is -2.15. The molecule has 0 aliphatic heterocycles. The first-order valence-electron chi connectivity index (χ1n) is 7.45. The zero-order chi connectivity index (χ0) is 17.1. The van der Waals surface area contributed by atoms with Crippen LogP contribution in [0.3, 0.4) is 0 Å². The van der Waals surface area contributed by atoms with E-state index >= 15 is 0 Å². The summed E-state index contributed by atoms with van der Waals surface area (Å²) in [6.07, 6.45) is 0.742. The molecule has 0 saturated carbocycles. The van der Waals surface area contributed by atoms with E-state index in [4.69, 9.17) is 9.15 Å². The fourth-order valence-electron chi connectivity index (χ4n) is 2.20. The van der Waals surface area contributed by atoms with Gasteiger partial charge < -0.3 is 9.15 Å². The Morgan fingerprint density at radius 3 is 2.83 bits per heavy atom. The summed E-state index contributed by atoms with van der Waals surface area (Å²) < 4.78 is 10.6. The van der Waals surface area contributed by atoms with Gasteiger partial charge in [0.05, 0.1) is 12.2 Å². The van der Waals surface area contributed by atoms with Crippen LogP contribution < -0.4 is 15.7 Å². The first kappa shape index (κ1) is 16.1. The van der Waals surface area contributed by atoms with E-state index in [1.807, 2.05) is 13.8 Å². The number of carbonyl (C=O) groups is 1. The van der Waals surface area contributed by atoms with Gasteiger partial charge >= 0.3 is 5.63 Å². The van der Waals surface area contributed by atoms with Gasteiger partial charge in [-0.3, -0.25) is 10.1 Å². The molecule has 2 heterocycles. The largest absolute Gasteiger partial charge is 0.494 e. The molecule has 24 heavy (non-hydrogen) atoms. The van der Waals surface area contributed by atoms with E-state index in [9.17, 15) is 9.59 Å². The van der Waals surface area contributed by atoms with Crippen molar-refractivity contribution in [1.82, 2.24) is 10.2 Å². The van der Waals surface area contributed by atoms with Crippen molar-refractivity contribution in [3.63, 3.8) is 0 Å². The molecule has 0 aliphatic rings. The highest BCUT2D eigenvalue weighted by molar-refractivity contribution is 7.15. The molecule has 0 fully saturated rings. The van der Waals surface area contributed by atoms with Crippen LogP contribution in [0, 0.1) is 0 Å². The van der Waals surface area contributed by atoms with Gasteiger partial charge in [0.15, 0.2) is 0 Å². The van der Waals surface area contributed by atoms with Gasteiger partial charge in [0.2, 0.25) is 5.13 Å². The van der Waals surface area contributed by atoms with Crippen molar-refractivity contribution in [3.8, 4) is 5.75 Å². The molecule has 0 bridgehead atoms. The molecule has 8 heteroatoms. The van der Waals surface area contributed by atoms with E-state index in [2.05, 4.69) is 15.5 Å². The molecule has 0 saturated heterocycles. The number of anilines is 1. The number of carbonyl (C=O) groups excluding carboxylic acids is 1. The normalized spacial score (nSPS) is 10.8. The topological polar surface area (TPSA) is 94.3 Å². The van der Waals surface area contributed by atoms with Crippen molar-refractivity contribution in [3.05, 3.63) is 45.3 Å². The van der Waals surface area contributed by atoms with Crippen molar-refractivity contribution in [2.24, 2.45) is 0 Å².